The fourth-order valence-corrected chi connectivity index (χ4v) is 1.32. The summed E-state index contributed by atoms with van der Waals surface area (Å²) in [5, 5.41) is 0. The van der Waals surface area contributed by atoms with Gasteiger partial charge in [0.1, 0.15) is 0 Å². The Morgan fingerprint density at radius 1 is 1.06 bits per heavy atom. The Morgan fingerprint density at radius 3 is 2.22 bits per heavy atom. The molecule has 5 heteroatoms. The summed E-state index contributed by atoms with van der Waals surface area (Å²) in [5.41, 5.74) is 1.25. The van der Waals surface area contributed by atoms with E-state index < -0.39 is 0 Å². The summed E-state index contributed by atoms with van der Waals surface area (Å²) >= 11 is 3.62. The average Bonchev–Trinajstić information content (AvgIpc) is 2.37. The molecular weight excluding hydrogens is 407 g/mol. The molecule has 1 aromatic carbocycles. The van der Waals surface area contributed by atoms with Crippen LogP contribution in [0.2, 0.25) is 0 Å². The van der Waals surface area contributed by atoms with E-state index in [9.17, 15) is 0 Å². The van der Waals surface area contributed by atoms with Crippen LogP contribution in [0.15, 0.2) is 30.3 Å². The van der Waals surface area contributed by atoms with Crippen molar-refractivity contribution in [3.63, 3.8) is 0 Å². The van der Waals surface area contributed by atoms with Crippen LogP contribution in [-0.4, -0.2) is 6.61 Å². The number of hydrogen-bond acceptors (Lipinski definition) is 1. The maximum atomic E-state index is 5.55. The van der Waals surface area contributed by atoms with E-state index in [0.717, 1.165) is 26.1 Å². The molecule has 0 radical (unpaired) electrons. The predicted molar refractivity (Wildman–Crippen MR) is 73.9 cm³/mol. The van der Waals surface area contributed by atoms with Gasteiger partial charge in [-0.1, -0.05) is 43.2 Å². The third kappa shape index (κ3) is 15.5. The van der Waals surface area contributed by atoms with Crippen LogP contribution in [0.1, 0.15) is 31.2 Å². The molecule has 1 rings (SSSR count). The van der Waals surface area contributed by atoms with Gasteiger partial charge in [0.05, 0.1) is 6.61 Å². The molecule has 0 fully saturated rings. The summed E-state index contributed by atoms with van der Waals surface area (Å²) in [7, 11) is 0. The maximum absolute atomic E-state index is 5.55. The molecule has 0 unspecified atom stereocenters. The number of halogens is 2. The second-order valence-corrected chi connectivity index (χ2v) is 3.45. The van der Waals surface area contributed by atoms with Crippen molar-refractivity contribution in [1.82, 2.24) is 0 Å². The van der Waals surface area contributed by atoms with Gasteiger partial charge in [0.25, 0.3) is 0 Å². The quantitative estimate of drug-likeness (QED) is 0.223. The molecule has 0 saturated carbocycles. The molecule has 0 aliphatic rings. The molecule has 0 amide bonds. The van der Waals surface area contributed by atoms with Crippen molar-refractivity contribution in [3.8, 4) is 0 Å². The van der Waals surface area contributed by atoms with Crippen molar-refractivity contribution in [1.29, 1.82) is 0 Å². The van der Waals surface area contributed by atoms with Gasteiger partial charge >= 0.3 is 53.4 Å². The van der Waals surface area contributed by atoms with Crippen LogP contribution in [0.25, 0.3) is 0 Å². The van der Waals surface area contributed by atoms with Gasteiger partial charge in [-0.2, -0.15) is 6.42 Å². The van der Waals surface area contributed by atoms with E-state index in [1.165, 1.54) is 33.2 Å². The van der Waals surface area contributed by atoms with Gasteiger partial charge in [-0.25, -0.2) is 0 Å². The molecule has 0 N–H and O–H groups in total. The summed E-state index contributed by atoms with van der Waals surface area (Å²) in [4.78, 5) is 0. The molecule has 0 aromatic heterocycles. The van der Waals surface area contributed by atoms with Crippen LogP contribution in [0, 0.1) is 6.92 Å². The van der Waals surface area contributed by atoms with Crippen LogP contribution >= 0.6 is 19.8 Å². The zero-order valence-electron chi connectivity index (χ0n) is 11.2. The van der Waals surface area contributed by atoms with Crippen LogP contribution in [0.3, 0.4) is 0 Å². The van der Waals surface area contributed by atoms with Gasteiger partial charge in [-0.15, -0.1) is 0 Å². The molecule has 0 heterocycles. The minimum atomic E-state index is 0. The Hall–Kier alpha value is 1.42. The van der Waals surface area contributed by atoms with E-state index in [1.807, 2.05) is 18.2 Å². The Bertz CT molecular complexity index is 240. The van der Waals surface area contributed by atoms with Crippen molar-refractivity contribution >= 4 is 19.8 Å². The first-order valence-corrected chi connectivity index (χ1v) is 14.7. The standard InChI is InChI=1S/C13H19O.ClH.HI.Li.Zn/c1-2-3-4-8-11-14-12-13-9-6-5-7-10-13;;;;/h5-7,9-10H,1-4,8,11-12H2;2*1H;;/q-1;;;+1;+2/p-2. The van der Waals surface area contributed by atoms with Gasteiger partial charge in [0.2, 0.25) is 0 Å². The zero-order valence-corrected chi connectivity index (χ0v) is 17.1. The molecule has 1 aromatic rings. The Morgan fingerprint density at radius 2 is 1.67 bits per heavy atom. The van der Waals surface area contributed by atoms with Crippen LogP contribution in [0.4, 0.5) is 0 Å². The number of hydrogen-bond donors (Lipinski definition) is 0. The van der Waals surface area contributed by atoms with Crippen LogP contribution in [-0.2, 0) is 26.1 Å². The summed E-state index contributed by atoms with van der Waals surface area (Å²) < 4.78 is 5.55. The molecule has 0 aliphatic carbocycles. The summed E-state index contributed by atoms with van der Waals surface area (Å²) in [6.45, 7) is 5.42. The predicted octanol–water partition coefficient (Wildman–Crippen LogP) is -1.51. The Balaban J connectivity index is -0.000000534. The first-order chi connectivity index (χ1) is 7.93. The third-order valence-electron chi connectivity index (χ3n) is 2.15. The monoisotopic (exact) mass is 424 g/mol. The van der Waals surface area contributed by atoms with E-state index in [2.05, 4.69) is 38.8 Å². The second-order valence-electron chi connectivity index (χ2n) is 3.45. The Labute approximate surface area is 151 Å². The molecule has 18 heavy (non-hydrogen) atoms. The first kappa shape index (κ1) is 24.4. The minimum absolute atomic E-state index is 0. The van der Waals surface area contributed by atoms with Gasteiger partial charge in [-0.3, -0.25) is 0 Å². The molecule has 0 atom stereocenters. The summed E-state index contributed by atoms with van der Waals surface area (Å²) in [5.74, 6) is 0. The van der Waals surface area contributed by atoms with Gasteiger partial charge in [0.15, 0.2) is 0 Å². The van der Waals surface area contributed by atoms with E-state index in [0.29, 0.717) is 0 Å². The number of unbranched alkanes of at least 4 members (excludes halogenated alkanes) is 3. The van der Waals surface area contributed by atoms with Gasteiger partial charge < -0.3 is 24.1 Å². The molecule has 94 valence electrons. The van der Waals surface area contributed by atoms with Crippen molar-refractivity contribution in [3.05, 3.63) is 42.8 Å². The molecule has 0 bridgehead atoms. The van der Waals surface area contributed by atoms with Crippen molar-refractivity contribution in [2.75, 3.05) is 6.61 Å². The van der Waals surface area contributed by atoms with Gasteiger partial charge in [0, 0.05) is 6.61 Å². The molecule has 1 nitrogen and oxygen atoms in total. The van der Waals surface area contributed by atoms with E-state index in [-0.39, 0.29) is 31.3 Å². The first-order valence-electron chi connectivity index (χ1n) is 5.61. The fraction of sp³-hybridized carbons (Fsp3) is 0.462. The molecular formula is C13H19ClILiOZn. The topological polar surface area (TPSA) is 9.23 Å². The zero-order chi connectivity index (χ0) is 12.1. The number of benzene rings is 1. The molecule has 0 saturated heterocycles. The van der Waals surface area contributed by atoms with Crippen molar-refractivity contribution in [2.45, 2.75) is 32.3 Å². The second kappa shape index (κ2) is 20.7. The third-order valence-corrected chi connectivity index (χ3v) is 2.15. The van der Waals surface area contributed by atoms with Gasteiger partial charge in [-0.05, 0) is 12.0 Å². The SMILES string of the molecule is [CH2-]CCCCCOCc1ccccc1.[Cl-].[Li+].[Zn+][I]. The van der Waals surface area contributed by atoms with Crippen molar-refractivity contribution < 1.29 is 50.8 Å². The van der Waals surface area contributed by atoms with Crippen LogP contribution < -0.4 is 31.3 Å². The molecule has 0 aliphatic heterocycles. The van der Waals surface area contributed by atoms with Crippen molar-refractivity contribution in [2.24, 2.45) is 0 Å². The van der Waals surface area contributed by atoms with E-state index in [4.69, 9.17) is 4.74 Å². The molecule has 0 spiro atoms. The summed E-state index contributed by atoms with van der Waals surface area (Å²) in [6.07, 6.45) is 4.65. The number of rotatable bonds is 7. The number of ether oxygens (including phenoxy) is 1. The Kier molecular flexibility index (Phi) is 28.1. The average molecular weight is 426 g/mol. The van der Waals surface area contributed by atoms with E-state index in [1.54, 1.807) is 0 Å². The van der Waals surface area contributed by atoms with E-state index >= 15 is 0 Å². The van der Waals surface area contributed by atoms with Crippen LogP contribution in [0.5, 0.6) is 0 Å². The normalized spacial score (nSPS) is 8.44. The fourth-order valence-electron chi connectivity index (χ4n) is 1.32. The summed E-state index contributed by atoms with van der Waals surface area (Å²) in [6, 6.07) is 10.3.